The molecule has 1 saturated heterocycles. The van der Waals surface area contributed by atoms with Crippen molar-refractivity contribution in [2.24, 2.45) is 0 Å². The van der Waals surface area contributed by atoms with Crippen molar-refractivity contribution < 1.29 is 24.1 Å². The molecule has 1 fully saturated rings. The van der Waals surface area contributed by atoms with E-state index in [9.17, 15) is 4.79 Å². The molecule has 10 heteroatoms. The van der Waals surface area contributed by atoms with E-state index in [0.29, 0.717) is 83.4 Å². The van der Waals surface area contributed by atoms with E-state index in [1.807, 2.05) is 4.90 Å². The molecule has 1 aliphatic rings. The SMILES string of the molecule is C=Cc1nc(C=C)nc(N2CCOCCN(CCOC(C)C(=O)O)CCOCC2)n1. The van der Waals surface area contributed by atoms with Crippen LogP contribution in [0.25, 0.3) is 12.2 Å². The fourth-order valence-corrected chi connectivity index (χ4v) is 2.74. The monoisotopic (exact) mass is 421 g/mol. The number of ether oxygens (including phenoxy) is 3. The summed E-state index contributed by atoms with van der Waals surface area (Å²) in [4.78, 5) is 28.1. The minimum Gasteiger partial charge on any atom is -0.479 e. The molecule has 0 aromatic carbocycles. The fraction of sp³-hybridized carbons (Fsp3) is 0.600. The van der Waals surface area contributed by atoms with E-state index in [1.165, 1.54) is 6.92 Å². The fourth-order valence-electron chi connectivity index (χ4n) is 2.74. The zero-order valence-electron chi connectivity index (χ0n) is 17.5. The number of carbonyl (C=O) groups is 1. The van der Waals surface area contributed by atoms with Gasteiger partial charge in [-0.2, -0.15) is 9.97 Å². The second-order valence-electron chi connectivity index (χ2n) is 6.66. The lowest BCUT2D eigenvalue weighted by atomic mass is 10.4. The molecule has 1 unspecified atom stereocenters. The molecule has 30 heavy (non-hydrogen) atoms. The molecule has 0 bridgehead atoms. The van der Waals surface area contributed by atoms with Crippen LogP contribution in [0, 0.1) is 0 Å². The Morgan fingerprint density at radius 1 is 1.07 bits per heavy atom. The maximum Gasteiger partial charge on any atom is 0.332 e. The molecule has 0 amide bonds. The molecule has 1 atom stereocenters. The molecule has 0 spiro atoms. The van der Waals surface area contributed by atoms with Gasteiger partial charge in [0.15, 0.2) is 17.8 Å². The smallest absolute Gasteiger partial charge is 0.332 e. The van der Waals surface area contributed by atoms with Gasteiger partial charge in [0.05, 0.1) is 33.0 Å². The summed E-state index contributed by atoms with van der Waals surface area (Å²) >= 11 is 0. The van der Waals surface area contributed by atoms with Crippen LogP contribution in [0.3, 0.4) is 0 Å². The molecule has 2 heterocycles. The van der Waals surface area contributed by atoms with Gasteiger partial charge in [-0.3, -0.25) is 4.90 Å². The Hall–Kier alpha value is -2.40. The Balaban J connectivity index is 1.88. The van der Waals surface area contributed by atoms with Gasteiger partial charge in [0, 0.05) is 32.7 Å². The Morgan fingerprint density at radius 3 is 2.10 bits per heavy atom. The van der Waals surface area contributed by atoms with Crippen molar-refractivity contribution >= 4 is 24.1 Å². The summed E-state index contributed by atoms with van der Waals surface area (Å²) in [5, 5.41) is 8.89. The van der Waals surface area contributed by atoms with E-state index in [0.717, 1.165) is 0 Å². The van der Waals surface area contributed by atoms with E-state index >= 15 is 0 Å². The Labute approximate surface area is 177 Å². The lowest BCUT2D eigenvalue weighted by Gasteiger charge is -2.26. The molecule has 0 saturated carbocycles. The van der Waals surface area contributed by atoms with Gasteiger partial charge in [-0.15, -0.1) is 0 Å². The zero-order valence-corrected chi connectivity index (χ0v) is 17.5. The van der Waals surface area contributed by atoms with Crippen molar-refractivity contribution in [2.75, 3.05) is 70.7 Å². The van der Waals surface area contributed by atoms with Gasteiger partial charge in [0.1, 0.15) is 0 Å². The van der Waals surface area contributed by atoms with E-state index in [4.69, 9.17) is 19.3 Å². The standard InChI is InChI=1S/C20H31N5O5/c1-4-17-21-18(5-2)23-20(22-17)25-9-13-28-11-6-24(7-12-29-14-10-25)8-15-30-16(3)19(26)27/h4-5,16H,1-2,6-15H2,3H3,(H,26,27). The van der Waals surface area contributed by atoms with Crippen LogP contribution in [-0.4, -0.2) is 103 Å². The first-order chi connectivity index (χ1) is 14.5. The predicted octanol–water partition coefficient (Wildman–Crippen LogP) is 0.803. The van der Waals surface area contributed by atoms with Gasteiger partial charge in [-0.25, -0.2) is 9.78 Å². The molecule has 0 aliphatic carbocycles. The number of aromatic nitrogens is 3. The van der Waals surface area contributed by atoms with Gasteiger partial charge in [-0.05, 0) is 19.1 Å². The molecular formula is C20H31N5O5. The van der Waals surface area contributed by atoms with Crippen LogP contribution in [0.4, 0.5) is 5.95 Å². The molecule has 0 radical (unpaired) electrons. The second kappa shape index (κ2) is 13.0. The lowest BCUT2D eigenvalue weighted by molar-refractivity contribution is -0.149. The van der Waals surface area contributed by atoms with Crippen molar-refractivity contribution in [3.05, 3.63) is 24.8 Å². The highest BCUT2D eigenvalue weighted by atomic mass is 16.5. The number of aliphatic carboxylic acids is 1. The zero-order chi connectivity index (χ0) is 21.8. The molecule has 10 nitrogen and oxygen atoms in total. The summed E-state index contributed by atoms with van der Waals surface area (Å²) in [6.45, 7) is 14.7. The highest BCUT2D eigenvalue weighted by Crippen LogP contribution is 2.10. The number of anilines is 1. The van der Waals surface area contributed by atoms with Crippen LogP contribution in [-0.2, 0) is 19.0 Å². The van der Waals surface area contributed by atoms with Crippen molar-refractivity contribution in [1.82, 2.24) is 19.9 Å². The summed E-state index contributed by atoms with van der Waals surface area (Å²) in [7, 11) is 0. The highest BCUT2D eigenvalue weighted by Gasteiger charge is 2.15. The Morgan fingerprint density at radius 2 is 1.60 bits per heavy atom. The number of carboxylic acid groups (broad SMARTS) is 1. The summed E-state index contributed by atoms with van der Waals surface area (Å²) in [6, 6.07) is 0. The molecule has 1 aromatic rings. The summed E-state index contributed by atoms with van der Waals surface area (Å²) < 4.78 is 16.9. The van der Waals surface area contributed by atoms with Crippen LogP contribution < -0.4 is 4.90 Å². The van der Waals surface area contributed by atoms with Gasteiger partial charge >= 0.3 is 5.97 Å². The second-order valence-corrected chi connectivity index (χ2v) is 6.66. The largest absolute Gasteiger partial charge is 0.479 e. The summed E-state index contributed by atoms with van der Waals surface area (Å²) in [5.74, 6) is 0.583. The third-order valence-electron chi connectivity index (χ3n) is 4.54. The van der Waals surface area contributed by atoms with Crippen LogP contribution in [0.2, 0.25) is 0 Å². The number of nitrogens with zero attached hydrogens (tertiary/aromatic N) is 5. The predicted molar refractivity (Wildman–Crippen MR) is 113 cm³/mol. The average Bonchev–Trinajstić information content (AvgIpc) is 2.74. The van der Waals surface area contributed by atoms with Crippen molar-refractivity contribution in [1.29, 1.82) is 0 Å². The van der Waals surface area contributed by atoms with E-state index in [2.05, 4.69) is 33.0 Å². The topological polar surface area (TPSA) is 110 Å². The highest BCUT2D eigenvalue weighted by molar-refractivity contribution is 5.71. The lowest BCUT2D eigenvalue weighted by Crippen LogP contribution is -2.38. The maximum absolute atomic E-state index is 10.8. The number of hydrogen-bond acceptors (Lipinski definition) is 9. The molecule has 166 valence electrons. The van der Waals surface area contributed by atoms with Crippen LogP contribution in [0.1, 0.15) is 18.6 Å². The average molecular weight is 421 g/mol. The Bertz CT molecular complexity index is 662. The van der Waals surface area contributed by atoms with Crippen molar-refractivity contribution in [3.63, 3.8) is 0 Å². The first-order valence-electron chi connectivity index (χ1n) is 10.0. The van der Waals surface area contributed by atoms with Crippen molar-refractivity contribution in [3.8, 4) is 0 Å². The quantitative estimate of drug-likeness (QED) is 0.647. The van der Waals surface area contributed by atoms with Gasteiger partial charge in [0.25, 0.3) is 0 Å². The van der Waals surface area contributed by atoms with Crippen LogP contribution in [0.15, 0.2) is 13.2 Å². The molecule has 1 aromatic heterocycles. The normalized spacial score (nSPS) is 18.1. The first-order valence-corrected chi connectivity index (χ1v) is 10.0. The third-order valence-corrected chi connectivity index (χ3v) is 4.54. The van der Waals surface area contributed by atoms with E-state index in [-0.39, 0.29) is 0 Å². The van der Waals surface area contributed by atoms with Gasteiger partial charge in [0.2, 0.25) is 5.95 Å². The first kappa shape index (κ1) is 23.9. The van der Waals surface area contributed by atoms with Gasteiger partial charge in [-0.1, -0.05) is 13.2 Å². The minimum absolute atomic E-state index is 0.345. The molecular weight excluding hydrogens is 390 g/mol. The summed E-state index contributed by atoms with van der Waals surface area (Å²) in [6.07, 6.45) is 2.35. The van der Waals surface area contributed by atoms with Crippen LogP contribution >= 0.6 is 0 Å². The number of carboxylic acids is 1. The molecule has 2 rings (SSSR count). The number of rotatable bonds is 8. The van der Waals surface area contributed by atoms with Crippen LogP contribution in [0.5, 0.6) is 0 Å². The van der Waals surface area contributed by atoms with E-state index < -0.39 is 12.1 Å². The van der Waals surface area contributed by atoms with Gasteiger partial charge < -0.3 is 24.2 Å². The molecule has 1 aliphatic heterocycles. The number of hydrogen-bond donors (Lipinski definition) is 1. The van der Waals surface area contributed by atoms with Crippen molar-refractivity contribution in [2.45, 2.75) is 13.0 Å². The van der Waals surface area contributed by atoms with E-state index in [1.54, 1.807) is 12.2 Å². The summed E-state index contributed by atoms with van der Waals surface area (Å²) in [5.41, 5.74) is 0. The maximum atomic E-state index is 10.8. The Kier molecular flexibility index (Phi) is 10.4. The molecule has 1 N–H and O–H groups in total. The third kappa shape index (κ3) is 8.15. The minimum atomic E-state index is -0.960.